The highest BCUT2D eigenvalue weighted by Gasteiger charge is 2.25. The highest BCUT2D eigenvalue weighted by atomic mass is 31.1. The first-order valence-corrected chi connectivity index (χ1v) is 6.29. The second-order valence-corrected chi connectivity index (χ2v) is 4.52. The molecule has 0 spiro atoms. The zero-order chi connectivity index (χ0) is 12.7. The third-order valence-corrected chi connectivity index (χ3v) is 2.97. The van der Waals surface area contributed by atoms with Crippen LogP contribution < -0.4 is 5.09 Å². The molecule has 1 aromatic rings. The van der Waals surface area contributed by atoms with Crippen LogP contribution in [0, 0.1) is 0 Å². The van der Waals surface area contributed by atoms with Crippen LogP contribution in [0.1, 0.15) is 12.5 Å². The van der Waals surface area contributed by atoms with Crippen LogP contribution in [0.25, 0.3) is 0 Å². The smallest absolute Gasteiger partial charge is 0.460 e. The first-order chi connectivity index (χ1) is 8.13. The number of benzene rings is 1. The molecule has 0 aliphatic heterocycles. The molecule has 1 aromatic carbocycles. The van der Waals surface area contributed by atoms with Gasteiger partial charge in [-0.25, -0.2) is 0 Å². The van der Waals surface area contributed by atoms with Crippen molar-refractivity contribution in [1.82, 2.24) is 5.09 Å². The Bertz CT molecular complexity index is 382. The number of rotatable bonds is 6. The zero-order valence-corrected chi connectivity index (χ0v) is 10.6. The number of hydrogen-bond donors (Lipinski definition) is 1. The van der Waals surface area contributed by atoms with Gasteiger partial charge in [-0.05, 0) is 17.1 Å². The van der Waals surface area contributed by atoms with Crippen LogP contribution in [0.4, 0.5) is 0 Å². The Kier molecular flexibility index (Phi) is 5.77. The van der Waals surface area contributed by atoms with Crippen molar-refractivity contribution in [3.05, 3.63) is 35.9 Å². The summed E-state index contributed by atoms with van der Waals surface area (Å²) in [5.74, 6) is -0.464. The topological polar surface area (TPSA) is 64.6 Å². The monoisotopic (exact) mass is 256 g/mol. The molecule has 92 valence electrons. The molecule has 1 unspecified atom stereocenters. The SMILES string of the molecule is CO[P+](=O)N[C@H](C)C(=O)OCc1ccccc1. The van der Waals surface area contributed by atoms with Crippen molar-refractivity contribution < 1.29 is 18.6 Å². The van der Waals surface area contributed by atoms with E-state index in [2.05, 4.69) is 9.61 Å². The first-order valence-electron chi connectivity index (χ1n) is 5.11. The molecule has 0 bridgehead atoms. The fraction of sp³-hybridized carbons (Fsp3) is 0.364. The lowest BCUT2D eigenvalue weighted by Gasteiger charge is -2.07. The van der Waals surface area contributed by atoms with E-state index in [4.69, 9.17) is 4.74 Å². The summed E-state index contributed by atoms with van der Waals surface area (Å²) in [4.78, 5) is 11.5. The quantitative estimate of drug-likeness (QED) is 0.623. The van der Waals surface area contributed by atoms with Crippen LogP contribution in [0.15, 0.2) is 30.3 Å². The molecular weight excluding hydrogens is 241 g/mol. The lowest BCUT2D eigenvalue weighted by molar-refractivity contribution is -0.146. The number of ether oxygens (including phenoxy) is 1. The molecule has 2 atom stereocenters. The number of carbonyl (C=O) groups is 1. The molecule has 0 aliphatic rings. The van der Waals surface area contributed by atoms with E-state index in [1.807, 2.05) is 30.3 Å². The van der Waals surface area contributed by atoms with E-state index >= 15 is 0 Å². The molecule has 1 N–H and O–H groups in total. The van der Waals surface area contributed by atoms with Crippen molar-refractivity contribution >= 4 is 14.1 Å². The van der Waals surface area contributed by atoms with Crippen LogP contribution in [0.5, 0.6) is 0 Å². The molecule has 0 saturated carbocycles. The van der Waals surface area contributed by atoms with Crippen molar-refractivity contribution in [3.8, 4) is 0 Å². The molecule has 0 heterocycles. The minimum atomic E-state index is -2.02. The van der Waals surface area contributed by atoms with Crippen LogP contribution in [-0.2, 0) is 25.2 Å². The molecule has 5 nitrogen and oxygen atoms in total. The molecule has 1 rings (SSSR count). The van der Waals surface area contributed by atoms with Crippen LogP contribution in [0.3, 0.4) is 0 Å². The maximum absolute atomic E-state index is 11.5. The van der Waals surface area contributed by atoms with Crippen molar-refractivity contribution in [2.45, 2.75) is 19.6 Å². The Labute approximate surface area is 101 Å². The summed E-state index contributed by atoms with van der Waals surface area (Å²) in [6.45, 7) is 1.77. The van der Waals surface area contributed by atoms with E-state index in [1.165, 1.54) is 7.11 Å². The van der Waals surface area contributed by atoms with Gasteiger partial charge < -0.3 is 4.74 Å². The van der Waals surface area contributed by atoms with Crippen LogP contribution in [-0.4, -0.2) is 19.1 Å². The van der Waals surface area contributed by atoms with E-state index in [9.17, 15) is 9.36 Å². The number of nitrogens with one attached hydrogen (secondary N) is 1. The predicted octanol–water partition coefficient (Wildman–Crippen LogP) is 2.01. The van der Waals surface area contributed by atoms with Gasteiger partial charge in [-0.3, -0.25) is 4.79 Å². The lowest BCUT2D eigenvalue weighted by Crippen LogP contribution is -2.30. The Balaban J connectivity index is 2.37. The number of carbonyl (C=O) groups excluding carboxylic acids is 1. The van der Waals surface area contributed by atoms with Crippen LogP contribution >= 0.6 is 8.18 Å². The summed E-state index contributed by atoms with van der Waals surface area (Å²) < 4.78 is 20.6. The zero-order valence-electron chi connectivity index (χ0n) is 9.75. The Morgan fingerprint density at radius 3 is 2.65 bits per heavy atom. The minimum absolute atomic E-state index is 0.204. The van der Waals surface area contributed by atoms with E-state index in [-0.39, 0.29) is 6.61 Å². The van der Waals surface area contributed by atoms with E-state index in [1.54, 1.807) is 6.92 Å². The summed E-state index contributed by atoms with van der Waals surface area (Å²) >= 11 is 0. The van der Waals surface area contributed by atoms with E-state index < -0.39 is 20.2 Å². The van der Waals surface area contributed by atoms with Gasteiger partial charge in [-0.15, -0.1) is 4.52 Å². The van der Waals surface area contributed by atoms with Gasteiger partial charge in [0.1, 0.15) is 12.6 Å². The molecule has 17 heavy (non-hydrogen) atoms. The third kappa shape index (κ3) is 5.04. The van der Waals surface area contributed by atoms with Gasteiger partial charge in [0.05, 0.1) is 7.11 Å². The van der Waals surface area contributed by atoms with Gasteiger partial charge in [-0.1, -0.05) is 35.4 Å². The molecule has 0 aliphatic carbocycles. The Morgan fingerprint density at radius 1 is 1.41 bits per heavy atom. The van der Waals surface area contributed by atoms with E-state index in [0.717, 1.165) is 5.56 Å². The second-order valence-electron chi connectivity index (χ2n) is 3.38. The van der Waals surface area contributed by atoms with Crippen molar-refractivity contribution in [3.63, 3.8) is 0 Å². The van der Waals surface area contributed by atoms with Gasteiger partial charge in [0.25, 0.3) is 0 Å². The largest absolute Gasteiger partial charge is 0.613 e. The van der Waals surface area contributed by atoms with E-state index in [0.29, 0.717) is 0 Å². The van der Waals surface area contributed by atoms with Gasteiger partial charge in [0.2, 0.25) is 0 Å². The second kappa shape index (κ2) is 7.12. The maximum Gasteiger partial charge on any atom is 0.613 e. The van der Waals surface area contributed by atoms with Gasteiger partial charge in [0.15, 0.2) is 0 Å². The fourth-order valence-electron chi connectivity index (χ4n) is 1.12. The first kappa shape index (κ1) is 13.8. The standard InChI is InChI=1S/C11H15NO4P/c1-9(12-17(14)15-2)11(13)16-8-10-6-4-3-5-7-10/h3-7,9H,8H2,1-2H3,(H,12,14)/q+1/t9-/m1/s1. The van der Waals surface area contributed by atoms with Gasteiger partial charge >= 0.3 is 14.1 Å². The average molecular weight is 256 g/mol. The Morgan fingerprint density at radius 2 is 2.06 bits per heavy atom. The summed E-state index contributed by atoms with van der Waals surface area (Å²) in [7, 11) is -0.717. The van der Waals surface area contributed by atoms with Crippen LogP contribution in [0.2, 0.25) is 0 Å². The normalized spacial score (nSPS) is 12.9. The minimum Gasteiger partial charge on any atom is -0.460 e. The Hall–Kier alpha value is -1.29. The molecule has 0 aromatic heterocycles. The summed E-state index contributed by atoms with van der Waals surface area (Å²) in [6.07, 6.45) is 0. The van der Waals surface area contributed by atoms with Crippen molar-refractivity contribution in [2.75, 3.05) is 7.11 Å². The predicted molar refractivity (Wildman–Crippen MR) is 63.5 cm³/mol. The summed E-state index contributed by atoms with van der Waals surface area (Å²) in [5, 5.41) is 2.48. The number of hydrogen-bond acceptors (Lipinski definition) is 4. The highest BCUT2D eigenvalue weighted by molar-refractivity contribution is 7.36. The summed E-state index contributed by atoms with van der Waals surface area (Å²) in [6, 6.07) is 8.68. The summed E-state index contributed by atoms with van der Waals surface area (Å²) in [5.41, 5.74) is 0.907. The lowest BCUT2D eigenvalue weighted by atomic mass is 10.2. The van der Waals surface area contributed by atoms with Gasteiger partial charge in [0, 0.05) is 0 Å². The molecule has 6 heteroatoms. The number of esters is 1. The molecule has 0 amide bonds. The molecule has 0 fully saturated rings. The highest BCUT2D eigenvalue weighted by Crippen LogP contribution is 2.15. The van der Waals surface area contributed by atoms with Crippen molar-refractivity contribution in [2.24, 2.45) is 0 Å². The molecule has 0 radical (unpaired) electrons. The molecule has 0 saturated heterocycles. The average Bonchev–Trinajstić information content (AvgIpc) is 2.36. The fourth-order valence-corrected chi connectivity index (χ4v) is 1.64. The molecular formula is C11H15NO4P+. The van der Waals surface area contributed by atoms with Crippen molar-refractivity contribution in [1.29, 1.82) is 0 Å². The van der Waals surface area contributed by atoms with Gasteiger partial charge in [-0.2, -0.15) is 0 Å². The maximum atomic E-state index is 11.5. The third-order valence-electron chi connectivity index (χ3n) is 2.04.